The first-order valence-corrected chi connectivity index (χ1v) is 10.8. The number of ether oxygens (including phenoxy) is 3. The highest BCUT2D eigenvalue weighted by Gasteiger charge is 2.40. The maximum Gasteiger partial charge on any atom is 0.325 e. The third-order valence-electron chi connectivity index (χ3n) is 5.86. The number of nitrogens with one attached hydrogen (secondary N) is 1. The average molecular weight is 453 g/mol. The monoisotopic (exact) mass is 453 g/mol. The van der Waals surface area contributed by atoms with Crippen LogP contribution in [0.15, 0.2) is 48.5 Å². The van der Waals surface area contributed by atoms with Crippen LogP contribution in [0.2, 0.25) is 0 Å². The van der Waals surface area contributed by atoms with Crippen LogP contribution in [0.25, 0.3) is 0 Å². The van der Waals surface area contributed by atoms with E-state index in [1.165, 1.54) is 14.2 Å². The van der Waals surface area contributed by atoms with E-state index >= 15 is 0 Å². The molecular weight excluding hydrogens is 426 g/mol. The normalized spacial score (nSPS) is 20.5. The van der Waals surface area contributed by atoms with E-state index in [1.807, 2.05) is 30.3 Å². The second kappa shape index (κ2) is 9.91. The Morgan fingerprint density at radius 1 is 1.09 bits per heavy atom. The zero-order valence-electron chi connectivity index (χ0n) is 18.7. The molecule has 2 aliphatic rings. The molecule has 0 saturated carbocycles. The van der Waals surface area contributed by atoms with Crippen molar-refractivity contribution in [3.8, 4) is 11.5 Å². The summed E-state index contributed by atoms with van der Waals surface area (Å²) >= 11 is 0. The summed E-state index contributed by atoms with van der Waals surface area (Å²) in [6.07, 6.45) is -0.298. The molecule has 4 amide bonds. The third-order valence-corrected chi connectivity index (χ3v) is 5.86. The highest BCUT2D eigenvalue weighted by Crippen LogP contribution is 2.29. The van der Waals surface area contributed by atoms with Crippen LogP contribution in [-0.4, -0.2) is 67.6 Å². The van der Waals surface area contributed by atoms with Crippen LogP contribution >= 0.6 is 0 Å². The van der Waals surface area contributed by atoms with Gasteiger partial charge in [-0.3, -0.25) is 14.5 Å². The van der Waals surface area contributed by atoms with Crippen molar-refractivity contribution in [2.45, 2.75) is 25.1 Å². The SMILES string of the molecule is COc1ccc(CN2C(=O)N[C@H](CC(=O)N3CCO[C@H](c4ccccc4)C3)C2=O)cc1OC. The van der Waals surface area contributed by atoms with Gasteiger partial charge in [0.25, 0.3) is 5.91 Å². The lowest BCUT2D eigenvalue weighted by Gasteiger charge is -2.33. The van der Waals surface area contributed by atoms with E-state index in [1.54, 1.807) is 23.1 Å². The van der Waals surface area contributed by atoms with E-state index in [0.29, 0.717) is 36.8 Å². The number of hydrogen-bond acceptors (Lipinski definition) is 6. The minimum Gasteiger partial charge on any atom is -0.493 e. The number of nitrogens with zero attached hydrogens (tertiary/aromatic N) is 2. The molecule has 2 saturated heterocycles. The maximum atomic E-state index is 12.9. The highest BCUT2D eigenvalue weighted by molar-refractivity contribution is 6.05. The topological polar surface area (TPSA) is 97.4 Å². The molecule has 2 fully saturated rings. The predicted molar refractivity (Wildman–Crippen MR) is 119 cm³/mol. The van der Waals surface area contributed by atoms with Gasteiger partial charge < -0.3 is 24.4 Å². The lowest BCUT2D eigenvalue weighted by molar-refractivity contribution is -0.141. The fourth-order valence-electron chi connectivity index (χ4n) is 4.08. The summed E-state index contributed by atoms with van der Waals surface area (Å²) < 4.78 is 16.3. The molecule has 0 spiro atoms. The molecule has 0 aromatic heterocycles. The molecule has 2 heterocycles. The second-order valence-corrected chi connectivity index (χ2v) is 7.93. The lowest BCUT2D eigenvalue weighted by Crippen LogP contribution is -2.45. The van der Waals surface area contributed by atoms with Crippen LogP contribution in [-0.2, 0) is 20.9 Å². The summed E-state index contributed by atoms with van der Waals surface area (Å²) in [7, 11) is 3.05. The Bertz CT molecular complexity index is 1030. The van der Waals surface area contributed by atoms with Crippen LogP contribution in [0.4, 0.5) is 4.79 Å². The Kier molecular flexibility index (Phi) is 6.79. The van der Waals surface area contributed by atoms with Gasteiger partial charge >= 0.3 is 6.03 Å². The van der Waals surface area contributed by atoms with E-state index in [9.17, 15) is 14.4 Å². The summed E-state index contributed by atoms with van der Waals surface area (Å²) in [6.45, 7) is 1.35. The van der Waals surface area contributed by atoms with Gasteiger partial charge in [0, 0.05) is 6.54 Å². The Balaban J connectivity index is 1.38. The van der Waals surface area contributed by atoms with Crippen LogP contribution in [0, 0.1) is 0 Å². The molecule has 2 aliphatic heterocycles. The van der Waals surface area contributed by atoms with Crippen molar-refractivity contribution >= 4 is 17.8 Å². The molecule has 0 radical (unpaired) electrons. The number of amides is 4. The average Bonchev–Trinajstić information content (AvgIpc) is 3.11. The minimum absolute atomic E-state index is 0.0728. The number of rotatable bonds is 7. The number of methoxy groups -OCH3 is 2. The highest BCUT2D eigenvalue weighted by atomic mass is 16.5. The lowest BCUT2D eigenvalue weighted by atomic mass is 10.1. The van der Waals surface area contributed by atoms with Crippen LogP contribution < -0.4 is 14.8 Å². The molecular formula is C24H27N3O6. The molecule has 9 nitrogen and oxygen atoms in total. The number of hydrogen-bond donors (Lipinski definition) is 1. The molecule has 2 aromatic rings. The quantitative estimate of drug-likeness (QED) is 0.645. The largest absolute Gasteiger partial charge is 0.493 e. The van der Waals surface area contributed by atoms with E-state index in [4.69, 9.17) is 14.2 Å². The first kappa shape index (κ1) is 22.6. The number of carbonyl (C=O) groups excluding carboxylic acids is 3. The number of benzene rings is 2. The molecule has 4 rings (SSSR count). The van der Waals surface area contributed by atoms with Crippen LogP contribution in [0.5, 0.6) is 11.5 Å². The van der Waals surface area contributed by atoms with Crippen molar-refractivity contribution in [1.82, 2.24) is 15.1 Å². The van der Waals surface area contributed by atoms with Gasteiger partial charge in [-0.1, -0.05) is 36.4 Å². The fraction of sp³-hybridized carbons (Fsp3) is 0.375. The molecule has 0 aliphatic carbocycles. The van der Waals surface area contributed by atoms with Gasteiger partial charge in [0.1, 0.15) is 12.1 Å². The van der Waals surface area contributed by atoms with Crippen molar-refractivity contribution in [3.05, 3.63) is 59.7 Å². The molecule has 1 N–H and O–H groups in total. The van der Waals surface area contributed by atoms with Crippen molar-refractivity contribution in [1.29, 1.82) is 0 Å². The fourth-order valence-corrected chi connectivity index (χ4v) is 4.08. The van der Waals surface area contributed by atoms with Crippen molar-refractivity contribution in [3.63, 3.8) is 0 Å². The summed E-state index contributed by atoms with van der Waals surface area (Å²) in [5.74, 6) is 0.456. The van der Waals surface area contributed by atoms with Gasteiger partial charge in [0.15, 0.2) is 11.5 Å². The Hall–Kier alpha value is -3.59. The van der Waals surface area contributed by atoms with Gasteiger partial charge in [-0.2, -0.15) is 0 Å². The number of imide groups is 1. The van der Waals surface area contributed by atoms with Crippen molar-refractivity contribution in [2.24, 2.45) is 0 Å². The van der Waals surface area contributed by atoms with Gasteiger partial charge in [0.2, 0.25) is 5.91 Å². The molecule has 174 valence electrons. The van der Waals surface area contributed by atoms with Crippen molar-refractivity contribution < 1.29 is 28.6 Å². The second-order valence-electron chi connectivity index (χ2n) is 7.93. The zero-order chi connectivity index (χ0) is 23.4. The predicted octanol–water partition coefficient (Wildman–Crippen LogP) is 2.11. The van der Waals surface area contributed by atoms with Crippen LogP contribution in [0.3, 0.4) is 0 Å². The third kappa shape index (κ3) is 4.93. The summed E-state index contributed by atoms with van der Waals surface area (Å²) in [4.78, 5) is 41.1. The maximum absolute atomic E-state index is 12.9. The number of urea groups is 1. The van der Waals surface area contributed by atoms with Gasteiger partial charge in [-0.15, -0.1) is 0 Å². The molecule has 2 atom stereocenters. The van der Waals surface area contributed by atoms with E-state index in [0.717, 1.165) is 10.5 Å². The Morgan fingerprint density at radius 2 is 1.85 bits per heavy atom. The van der Waals surface area contributed by atoms with Crippen LogP contribution in [0.1, 0.15) is 23.7 Å². The van der Waals surface area contributed by atoms with Gasteiger partial charge in [-0.25, -0.2) is 4.79 Å². The number of morpholine rings is 1. The first-order chi connectivity index (χ1) is 16.0. The summed E-state index contributed by atoms with van der Waals surface area (Å²) in [6, 6.07) is 13.5. The molecule has 9 heteroatoms. The molecule has 0 unspecified atom stereocenters. The molecule has 0 bridgehead atoms. The first-order valence-electron chi connectivity index (χ1n) is 10.8. The minimum atomic E-state index is -0.886. The van der Waals surface area contributed by atoms with E-state index < -0.39 is 18.0 Å². The van der Waals surface area contributed by atoms with Crippen molar-refractivity contribution in [2.75, 3.05) is 33.9 Å². The molecule has 33 heavy (non-hydrogen) atoms. The number of carbonyl (C=O) groups is 3. The smallest absolute Gasteiger partial charge is 0.325 e. The van der Waals surface area contributed by atoms with E-state index in [-0.39, 0.29) is 25.0 Å². The molecule has 2 aromatic carbocycles. The Morgan fingerprint density at radius 3 is 2.58 bits per heavy atom. The van der Waals surface area contributed by atoms with Gasteiger partial charge in [0.05, 0.1) is 40.3 Å². The summed E-state index contributed by atoms with van der Waals surface area (Å²) in [5, 5.41) is 2.64. The standard InChI is InChI=1S/C24H27N3O6/c1-31-19-9-8-16(12-20(19)32-2)14-27-23(29)18(25-24(27)30)13-22(28)26-10-11-33-21(15-26)17-6-4-3-5-7-17/h3-9,12,18,21H,10-11,13-15H2,1-2H3,(H,25,30)/t18-,21+/m1/s1. The zero-order valence-corrected chi connectivity index (χ0v) is 18.7. The summed E-state index contributed by atoms with van der Waals surface area (Å²) in [5.41, 5.74) is 1.71. The van der Waals surface area contributed by atoms with Gasteiger partial charge in [-0.05, 0) is 23.3 Å². The Labute approximate surface area is 192 Å². The van der Waals surface area contributed by atoms with E-state index in [2.05, 4.69) is 5.32 Å².